The number of nitrogens with zero attached hydrogens (tertiary/aromatic N) is 2. The van der Waals surface area contributed by atoms with Gasteiger partial charge in [-0.2, -0.15) is 13.2 Å². The quantitative estimate of drug-likeness (QED) is 0.837. The molecule has 0 aliphatic carbocycles. The van der Waals surface area contributed by atoms with Crippen LogP contribution in [0.4, 0.5) is 13.2 Å². The van der Waals surface area contributed by atoms with Crippen molar-refractivity contribution in [3.05, 3.63) is 29.6 Å². The van der Waals surface area contributed by atoms with Gasteiger partial charge in [-0.25, -0.2) is 0 Å². The van der Waals surface area contributed by atoms with Crippen LogP contribution in [-0.2, 0) is 22.1 Å². The Hall–Kier alpha value is -1.63. The third-order valence-electron chi connectivity index (χ3n) is 3.50. The summed E-state index contributed by atoms with van der Waals surface area (Å²) in [4.78, 5) is 17.4. The summed E-state index contributed by atoms with van der Waals surface area (Å²) in [6.45, 7) is 1.52. The van der Waals surface area contributed by atoms with Gasteiger partial charge in [0.15, 0.2) is 0 Å². The molecule has 0 radical (unpaired) electrons. The second-order valence-corrected chi connectivity index (χ2v) is 5.14. The van der Waals surface area contributed by atoms with Crippen LogP contribution in [0.2, 0.25) is 0 Å². The van der Waals surface area contributed by atoms with Crippen molar-refractivity contribution in [1.29, 1.82) is 0 Å². The summed E-state index contributed by atoms with van der Waals surface area (Å²) in [5.74, 6) is 0.0226. The highest BCUT2D eigenvalue weighted by atomic mass is 19.4. The molecule has 1 aliphatic heterocycles. The number of carbonyl (C=O) groups excluding carboxylic acids is 1. The maximum atomic E-state index is 12.6. The van der Waals surface area contributed by atoms with Gasteiger partial charge >= 0.3 is 6.18 Å². The predicted octanol–water partition coefficient (Wildman–Crippen LogP) is 2.14. The fourth-order valence-electron chi connectivity index (χ4n) is 2.47. The topological polar surface area (TPSA) is 42.4 Å². The van der Waals surface area contributed by atoms with Crippen molar-refractivity contribution in [1.82, 2.24) is 9.88 Å². The predicted molar refractivity (Wildman–Crippen MR) is 69.5 cm³/mol. The van der Waals surface area contributed by atoms with Crippen molar-refractivity contribution in [3.63, 3.8) is 0 Å². The summed E-state index contributed by atoms with van der Waals surface area (Å²) >= 11 is 0. The largest absolute Gasteiger partial charge is 0.416 e. The minimum atomic E-state index is -4.37. The van der Waals surface area contributed by atoms with Crippen LogP contribution in [-0.4, -0.2) is 42.6 Å². The van der Waals surface area contributed by atoms with Crippen LogP contribution >= 0.6 is 0 Å². The zero-order chi connectivity index (χ0) is 15.5. The molecule has 4 nitrogen and oxygen atoms in total. The number of ether oxygens (including phenoxy) is 1. The molecule has 2 heterocycles. The molecule has 1 saturated heterocycles. The molecule has 116 valence electrons. The van der Waals surface area contributed by atoms with Crippen molar-refractivity contribution in [2.24, 2.45) is 5.92 Å². The number of aromatic nitrogens is 1. The SMILES string of the molecule is COCCN1CC(Cc2cc(C(F)(F)F)ccn2)CC1=O. The van der Waals surface area contributed by atoms with E-state index < -0.39 is 11.7 Å². The van der Waals surface area contributed by atoms with E-state index in [1.807, 2.05) is 0 Å². The van der Waals surface area contributed by atoms with Crippen LogP contribution in [0.1, 0.15) is 17.7 Å². The van der Waals surface area contributed by atoms with E-state index in [9.17, 15) is 18.0 Å². The molecule has 1 aromatic rings. The van der Waals surface area contributed by atoms with Gasteiger partial charge in [0.05, 0.1) is 12.2 Å². The monoisotopic (exact) mass is 302 g/mol. The van der Waals surface area contributed by atoms with Gasteiger partial charge in [0.2, 0.25) is 5.91 Å². The van der Waals surface area contributed by atoms with Gasteiger partial charge < -0.3 is 9.64 Å². The van der Waals surface area contributed by atoms with Crippen molar-refractivity contribution in [2.75, 3.05) is 26.8 Å². The summed E-state index contributed by atoms with van der Waals surface area (Å²) in [6, 6.07) is 2.01. The number of carbonyl (C=O) groups is 1. The molecule has 1 aromatic heterocycles. The molecule has 1 unspecified atom stereocenters. The Morgan fingerprint density at radius 2 is 2.24 bits per heavy atom. The number of pyridine rings is 1. The van der Waals surface area contributed by atoms with E-state index in [0.29, 0.717) is 38.2 Å². The van der Waals surface area contributed by atoms with E-state index in [1.54, 1.807) is 12.0 Å². The summed E-state index contributed by atoms with van der Waals surface area (Å²) in [5, 5.41) is 0. The van der Waals surface area contributed by atoms with E-state index in [-0.39, 0.29) is 11.8 Å². The van der Waals surface area contributed by atoms with E-state index in [2.05, 4.69) is 4.98 Å². The van der Waals surface area contributed by atoms with Gasteiger partial charge in [-0.05, 0) is 24.5 Å². The summed E-state index contributed by atoms with van der Waals surface area (Å²) in [6.07, 6.45) is -2.48. The Morgan fingerprint density at radius 3 is 2.90 bits per heavy atom. The Labute approximate surface area is 120 Å². The molecule has 7 heteroatoms. The van der Waals surface area contributed by atoms with Crippen molar-refractivity contribution in [3.8, 4) is 0 Å². The molecule has 21 heavy (non-hydrogen) atoms. The van der Waals surface area contributed by atoms with Gasteiger partial charge in [0, 0.05) is 38.5 Å². The maximum absolute atomic E-state index is 12.6. The smallest absolute Gasteiger partial charge is 0.383 e. The first-order valence-electron chi connectivity index (χ1n) is 6.69. The van der Waals surface area contributed by atoms with Crippen LogP contribution < -0.4 is 0 Å². The molecule has 0 saturated carbocycles. The fourth-order valence-corrected chi connectivity index (χ4v) is 2.47. The van der Waals surface area contributed by atoms with Crippen LogP contribution in [0, 0.1) is 5.92 Å². The zero-order valence-electron chi connectivity index (χ0n) is 11.7. The fraction of sp³-hybridized carbons (Fsp3) is 0.571. The van der Waals surface area contributed by atoms with Gasteiger partial charge in [-0.15, -0.1) is 0 Å². The van der Waals surface area contributed by atoms with Crippen molar-refractivity contribution in [2.45, 2.75) is 19.0 Å². The lowest BCUT2D eigenvalue weighted by molar-refractivity contribution is -0.137. The number of rotatable bonds is 5. The normalized spacial score (nSPS) is 19.3. The highest BCUT2D eigenvalue weighted by Gasteiger charge is 2.32. The number of amides is 1. The Bertz CT molecular complexity index is 505. The van der Waals surface area contributed by atoms with Crippen molar-refractivity contribution >= 4 is 5.91 Å². The first-order valence-corrected chi connectivity index (χ1v) is 6.69. The third kappa shape index (κ3) is 4.17. The molecule has 2 rings (SSSR count). The summed E-state index contributed by atoms with van der Waals surface area (Å²) < 4.78 is 42.9. The van der Waals surface area contributed by atoms with Crippen LogP contribution in [0.15, 0.2) is 18.3 Å². The average molecular weight is 302 g/mol. The standard InChI is InChI=1S/C14H17F3N2O2/c1-21-5-4-19-9-10(7-13(19)20)6-12-8-11(2-3-18-12)14(15,16)17/h2-3,8,10H,4-7,9H2,1H3. The Kier molecular flexibility index (Phi) is 4.82. The Balaban J connectivity index is 1.98. The molecule has 1 amide bonds. The molecule has 0 aromatic carbocycles. The number of hydrogen-bond acceptors (Lipinski definition) is 3. The number of alkyl halides is 3. The molecule has 1 aliphatic rings. The molecular formula is C14H17F3N2O2. The van der Waals surface area contributed by atoms with Crippen LogP contribution in [0.25, 0.3) is 0 Å². The lowest BCUT2D eigenvalue weighted by Gasteiger charge is -2.16. The lowest BCUT2D eigenvalue weighted by Crippen LogP contribution is -2.29. The Morgan fingerprint density at radius 1 is 1.48 bits per heavy atom. The minimum absolute atomic E-state index is 0.00494. The van der Waals surface area contributed by atoms with Gasteiger partial charge in [0.25, 0.3) is 0 Å². The molecule has 0 bridgehead atoms. The van der Waals surface area contributed by atoms with Crippen LogP contribution in [0.5, 0.6) is 0 Å². The first-order chi connectivity index (χ1) is 9.90. The second kappa shape index (κ2) is 6.43. The van der Waals surface area contributed by atoms with Gasteiger partial charge in [-0.1, -0.05) is 0 Å². The summed E-state index contributed by atoms with van der Waals surface area (Å²) in [5.41, 5.74) is -0.329. The second-order valence-electron chi connectivity index (χ2n) is 5.14. The molecule has 0 spiro atoms. The third-order valence-corrected chi connectivity index (χ3v) is 3.50. The summed E-state index contributed by atoms with van der Waals surface area (Å²) in [7, 11) is 1.56. The minimum Gasteiger partial charge on any atom is -0.383 e. The highest BCUT2D eigenvalue weighted by molar-refractivity contribution is 5.78. The van der Waals surface area contributed by atoms with E-state index >= 15 is 0 Å². The van der Waals surface area contributed by atoms with E-state index in [1.165, 1.54) is 0 Å². The highest BCUT2D eigenvalue weighted by Crippen LogP contribution is 2.30. The van der Waals surface area contributed by atoms with E-state index in [4.69, 9.17) is 4.74 Å². The van der Waals surface area contributed by atoms with Crippen molar-refractivity contribution < 1.29 is 22.7 Å². The van der Waals surface area contributed by atoms with Gasteiger partial charge in [-0.3, -0.25) is 9.78 Å². The average Bonchev–Trinajstić information content (AvgIpc) is 2.76. The lowest BCUT2D eigenvalue weighted by atomic mass is 10.0. The number of methoxy groups -OCH3 is 1. The number of likely N-dealkylation sites (tertiary alicyclic amines) is 1. The van der Waals surface area contributed by atoms with E-state index in [0.717, 1.165) is 18.3 Å². The molecular weight excluding hydrogens is 285 g/mol. The maximum Gasteiger partial charge on any atom is 0.416 e. The van der Waals surface area contributed by atoms with Crippen LogP contribution in [0.3, 0.4) is 0 Å². The van der Waals surface area contributed by atoms with Gasteiger partial charge in [0.1, 0.15) is 0 Å². The molecule has 0 N–H and O–H groups in total. The first kappa shape index (κ1) is 15.8. The number of hydrogen-bond donors (Lipinski definition) is 0. The molecule has 1 fully saturated rings. The zero-order valence-corrected chi connectivity index (χ0v) is 11.7. The molecule has 1 atom stereocenters. The number of halogens is 3.